The third-order valence-corrected chi connectivity index (χ3v) is 16.2. The van der Waals surface area contributed by atoms with Crippen molar-refractivity contribution in [3.63, 3.8) is 0 Å². The van der Waals surface area contributed by atoms with Gasteiger partial charge in [-0.1, -0.05) is 92.7 Å². The quantitative estimate of drug-likeness (QED) is 0.162. The number of allylic oxidation sites excluding steroid dienone is 4. The molecule has 2 spiro atoms. The molecule has 6 aliphatic rings. The second kappa shape index (κ2) is 12.9. The van der Waals surface area contributed by atoms with Gasteiger partial charge in [0.25, 0.3) is 0 Å². The van der Waals surface area contributed by atoms with Gasteiger partial charge in [0.1, 0.15) is 11.5 Å². The first kappa shape index (κ1) is 37.2. The molecular formula is C45H53NO7S. The monoisotopic (exact) mass is 751 g/mol. The molecule has 0 amide bonds. The van der Waals surface area contributed by atoms with Gasteiger partial charge in [0.05, 0.1) is 32.2 Å². The molecule has 6 aliphatic carbocycles. The number of fused-ring (bicyclic) bond motifs is 1. The van der Waals surface area contributed by atoms with Crippen LogP contribution in [0.15, 0.2) is 96.6 Å². The number of methoxy groups -OCH3 is 2. The third-order valence-electron chi connectivity index (χ3n) is 15.0. The lowest BCUT2D eigenvalue weighted by molar-refractivity contribution is -0.173. The van der Waals surface area contributed by atoms with Crippen LogP contribution in [0.3, 0.4) is 0 Å². The number of benzene rings is 3. The van der Waals surface area contributed by atoms with Crippen LogP contribution in [0, 0.1) is 33.5 Å². The number of carbonyl (C=O) groups excluding carboxylic acids is 1. The zero-order valence-corrected chi connectivity index (χ0v) is 32.9. The van der Waals surface area contributed by atoms with Crippen LogP contribution in [0.25, 0.3) is 11.1 Å². The molecule has 286 valence electrons. The van der Waals surface area contributed by atoms with E-state index in [1.165, 1.54) is 10.6 Å². The van der Waals surface area contributed by atoms with E-state index in [4.69, 9.17) is 9.47 Å². The van der Waals surface area contributed by atoms with Crippen LogP contribution >= 0.6 is 0 Å². The van der Waals surface area contributed by atoms with Crippen molar-refractivity contribution < 1.29 is 32.9 Å². The normalized spacial score (nSPS) is 35.2. The van der Waals surface area contributed by atoms with Crippen molar-refractivity contribution in [3.8, 4) is 22.6 Å². The van der Waals surface area contributed by atoms with Crippen LogP contribution in [0.5, 0.6) is 11.5 Å². The summed E-state index contributed by atoms with van der Waals surface area (Å²) in [5.74, 6) is 1.10. The van der Waals surface area contributed by atoms with E-state index >= 15 is 4.79 Å². The van der Waals surface area contributed by atoms with Gasteiger partial charge in [0.15, 0.2) is 5.78 Å². The maximum atomic E-state index is 15.4. The Balaban J connectivity index is 1.23. The molecule has 8 atom stereocenters. The van der Waals surface area contributed by atoms with Crippen molar-refractivity contribution in [1.82, 2.24) is 4.31 Å². The fourth-order valence-corrected chi connectivity index (χ4v) is 12.9. The van der Waals surface area contributed by atoms with Gasteiger partial charge in [-0.2, -0.15) is 4.31 Å². The first-order valence-electron chi connectivity index (χ1n) is 19.3. The summed E-state index contributed by atoms with van der Waals surface area (Å²) >= 11 is 0. The first-order chi connectivity index (χ1) is 25.6. The molecule has 0 radical (unpaired) electrons. The fourth-order valence-electron chi connectivity index (χ4n) is 12.0. The van der Waals surface area contributed by atoms with E-state index in [0.717, 1.165) is 36.0 Å². The lowest BCUT2D eigenvalue weighted by Gasteiger charge is -2.71. The van der Waals surface area contributed by atoms with Gasteiger partial charge in [-0.05, 0) is 79.4 Å². The van der Waals surface area contributed by atoms with Gasteiger partial charge in [-0.3, -0.25) is 4.79 Å². The summed E-state index contributed by atoms with van der Waals surface area (Å²) in [4.78, 5) is 15.4. The smallest absolute Gasteiger partial charge is 0.211 e. The summed E-state index contributed by atoms with van der Waals surface area (Å²) in [6, 6.07) is 23.2. The van der Waals surface area contributed by atoms with Gasteiger partial charge in [0.2, 0.25) is 10.0 Å². The third kappa shape index (κ3) is 5.32. The number of nitrogens with zero attached hydrogens (tertiary/aromatic N) is 1. The molecule has 0 heterocycles. The van der Waals surface area contributed by atoms with Crippen LogP contribution in [-0.4, -0.2) is 67.4 Å². The lowest BCUT2D eigenvalue weighted by Crippen LogP contribution is -2.67. The highest BCUT2D eigenvalue weighted by Gasteiger charge is 2.74. The van der Waals surface area contributed by atoms with Crippen LogP contribution in [0.2, 0.25) is 0 Å². The van der Waals surface area contributed by atoms with Crippen molar-refractivity contribution in [2.45, 2.75) is 77.0 Å². The van der Waals surface area contributed by atoms with Crippen molar-refractivity contribution in [2.75, 3.05) is 27.0 Å². The number of rotatable bonds is 10. The molecule has 9 heteroatoms. The average molecular weight is 752 g/mol. The zero-order chi connectivity index (χ0) is 38.3. The van der Waals surface area contributed by atoms with Gasteiger partial charge in [-0.15, -0.1) is 0 Å². The van der Waals surface area contributed by atoms with Crippen molar-refractivity contribution in [2.24, 2.45) is 33.5 Å². The SMILES string of the molecule is COc1ccc(CN(C[C@]2(O)CC[C@H]3[C@]45C=C[C@@]6(C=C4C(=O)c4ccccc4-c4ccccc4)CC(O)CC[C@]6(C)[C@H]5CC[C@@]32C)S(C)(=O)=O)c(OC)c1. The summed E-state index contributed by atoms with van der Waals surface area (Å²) in [6.45, 7) is 4.47. The Morgan fingerprint density at radius 3 is 2.28 bits per heavy atom. The minimum atomic E-state index is -3.77. The molecule has 8 nitrogen and oxygen atoms in total. The molecule has 1 unspecified atom stereocenters. The van der Waals surface area contributed by atoms with E-state index in [1.807, 2.05) is 60.7 Å². The number of carbonyl (C=O) groups is 1. The molecule has 3 saturated carbocycles. The molecule has 3 aromatic rings. The standard InChI is InChI=1S/C45H53NO7S/c1-41-20-17-32(47)26-43(41)23-24-45(36(27-43)40(48)35-14-10-9-13-34(35)30-11-7-6-8-12-30)38(41)18-21-42(2)39(45)19-22-44(42,49)29-46(54(5,50)51)28-31-15-16-33(52-3)25-37(31)53-4/h6-16,23-25,27,32,38-39,47,49H,17-22,26,28-29H2,1-5H3/t32?,38-,39-,41-,42+,43+,44-,45-/m1/s1. The Morgan fingerprint density at radius 1 is 0.870 bits per heavy atom. The second-order valence-electron chi connectivity index (χ2n) is 17.3. The topological polar surface area (TPSA) is 113 Å². The summed E-state index contributed by atoms with van der Waals surface area (Å²) in [7, 11) is -0.653. The van der Waals surface area contributed by atoms with Gasteiger partial charge < -0.3 is 19.7 Å². The highest BCUT2D eigenvalue weighted by Crippen LogP contribution is 2.78. The molecule has 54 heavy (non-hydrogen) atoms. The van der Waals surface area contributed by atoms with E-state index in [1.54, 1.807) is 26.4 Å². The zero-order valence-electron chi connectivity index (χ0n) is 32.0. The van der Waals surface area contributed by atoms with Crippen molar-refractivity contribution in [1.29, 1.82) is 0 Å². The maximum Gasteiger partial charge on any atom is 0.211 e. The lowest BCUT2D eigenvalue weighted by atomic mass is 9.32. The van der Waals surface area contributed by atoms with E-state index in [2.05, 4.69) is 32.1 Å². The molecule has 3 fully saturated rings. The molecule has 0 aliphatic heterocycles. The van der Waals surface area contributed by atoms with Crippen LogP contribution < -0.4 is 9.47 Å². The van der Waals surface area contributed by atoms with Gasteiger partial charge >= 0.3 is 0 Å². The van der Waals surface area contributed by atoms with Crippen LogP contribution in [0.4, 0.5) is 0 Å². The van der Waals surface area contributed by atoms with E-state index in [0.29, 0.717) is 48.3 Å². The number of hydrogen-bond donors (Lipinski definition) is 2. The Bertz CT molecular complexity index is 2150. The maximum absolute atomic E-state index is 15.4. The number of Topliss-reactive ketones (excluding diaryl/α,β-unsaturated/α-hetero) is 1. The van der Waals surface area contributed by atoms with E-state index in [9.17, 15) is 18.6 Å². The molecule has 9 rings (SSSR count). The average Bonchev–Trinajstić information content (AvgIpc) is 3.44. The van der Waals surface area contributed by atoms with Crippen molar-refractivity contribution in [3.05, 3.63) is 108 Å². The minimum absolute atomic E-state index is 0.00524. The second-order valence-corrected chi connectivity index (χ2v) is 19.2. The van der Waals surface area contributed by atoms with E-state index in [-0.39, 0.29) is 36.1 Å². The largest absolute Gasteiger partial charge is 0.497 e. The Hall–Kier alpha value is -3.76. The number of ketones is 1. The minimum Gasteiger partial charge on any atom is -0.497 e. The molecule has 2 N–H and O–H groups in total. The van der Waals surface area contributed by atoms with Crippen LogP contribution in [0.1, 0.15) is 74.7 Å². The predicted octanol–water partition coefficient (Wildman–Crippen LogP) is 7.61. The molecular weight excluding hydrogens is 699 g/mol. The fraction of sp³-hybridized carbons (Fsp3) is 0.489. The Kier molecular flexibility index (Phi) is 8.88. The summed E-state index contributed by atoms with van der Waals surface area (Å²) in [5.41, 5.74) is 0.559. The summed E-state index contributed by atoms with van der Waals surface area (Å²) in [6.07, 6.45) is 12.3. The Morgan fingerprint density at radius 2 is 1.56 bits per heavy atom. The van der Waals surface area contributed by atoms with Crippen molar-refractivity contribution >= 4 is 15.8 Å². The Labute approximate surface area is 319 Å². The van der Waals surface area contributed by atoms with E-state index < -0.39 is 38.0 Å². The summed E-state index contributed by atoms with van der Waals surface area (Å²) in [5, 5.41) is 24.2. The number of ether oxygens (including phenoxy) is 2. The van der Waals surface area contributed by atoms with Gasteiger partial charge in [0, 0.05) is 52.1 Å². The summed E-state index contributed by atoms with van der Waals surface area (Å²) < 4.78 is 39.5. The number of hydrogen-bond acceptors (Lipinski definition) is 7. The van der Waals surface area contributed by atoms with Crippen LogP contribution in [-0.2, 0) is 16.6 Å². The molecule has 0 saturated heterocycles. The number of sulfonamides is 1. The molecule has 0 aromatic heterocycles. The number of aliphatic hydroxyl groups is 2. The molecule has 3 aromatic carbocycles. The van der Waals surface area contributed by atoms with Gasteiger partial charge in [-0.25, -0.2) is 8.42 Å². The first-order valence-corrected chi connectivity index (χ1v) is 21.2. The highest BCUT2D eigenvalue weighted by molar-refractivity contribution is 7.88. The molecule has 2 bridgehead atoms. The predicted molar refractivity (Wildman–Crippen MR) is 210 cm³/mol. The highest BCUT2D eigenvalue weighted by atomic mass is 32.2. The number of aliphatic hydroxyl groups excluding tert-OH is 1.